The van der Waals surface area contributed by atoms with Crippen molar-refractivity contribution in [2.24, 2.45) is 17.6 Å². The van der Waals surface area contributed by atoms with Crippen LogP contribution in [-0.2, 0) is 4.74 Å². The van der Waals surface area contributed by atoms with Gasteiger partial charge in [0.2, 0.25) is 0 Å². The summed E-state index contributed by atoms with van der Waals surface area (Å²) in [7, 11) is 0. The molecule has 3 fully saturated rings. The second kappa shape index (κ2) is 4.89. The summed E-state index contributed by atoms with van der Waals surface area (Å²) < 4.78 is 5.72. The van der Waals surface area contributed by atoms with Gasteiger partial charge < -0.3 is 10.5 Å². The zero-order valence-electron chi connectivity index (χ0n) is 11.0. The minimum atomic E-state index is 0.150. The maximum Gasteiger partial charge on any atom is 0.0576 e. The summed E-state index contributed by atoms with van der Waals surface area (Å²) in [6.45, 7) is 0.979. The highest BCUT2D eigenvalue weighted by molar-refractivity contribution is 4.95. The predicted octanol–water partition coefficient (Wildman–Crippen LogP) is 3.24. The van der Waals surface area contributed by atoms with E-state index in [4.69, 9.17) is 10.5 Å². The van der Waals surface area contributed by atoms with E-state index < -0.39 is 0 Å². The van der Waals surface area contributed by atoms with Crippen LogP contribution in [0.5, 0.6) is 0 Å². The monoisotopic (exact) mass is 237 g/mol. The fraction of sp³-hybridized carbons (Fsp3) is 1.00. The van der Waals surface area contributed by atoms with Gasteiger partial charge in [-0.3, -0.25) is 0 Å². The van der Waals surface area contributed by atoms with Crippen LogP contribution in [0.4, 0.5) is 0 Å². The lowest BCUT2D eigenvalue weighted by Gasteiger charge is -2.39. The van der Waals surface area contributed by atoms with Crippen molar-refractivity contribution >= 4 is 0 Å². The fourth-order valence-electron chi connectivity index (χ4n) is 3.96. The molecule has 2 N–H and O–H groups in total. The van der Waals surface area contributed by atoms with Crippen LogP contribution in [0, 0.1) is 11.8 Å². The van der Waals surface area contributed by atoms with E-state index in [1.54, 1.807) is 0 Å². The van der Waals surface area contributed by atoms with Crippen molar-refractivity contribution in [2.45, 2.75) is 75.9 Å². The van der Waals surface area contributed by atoms with Crippen LogP contribution in [0.2, 0.25) is 0 Å². The van der Waals surface area contributed by atoms with Gasteiger partial charge in [0.1, 0.15) is 0 Å². The average Bonchev–Trinajstić information content (AvgIpc) is 3.04. The first kappa shape index (κ1) is 12.0. The molecule has 0 aromatic carbocycles. The normalized spacial score (nSPS) is 42.9. The molecule has 1 saturated heterocycles. The Kier molecular flexibility index (Phi) is 3.45. The summed E-state index contributed by atoms with van der Waals surface area (Å²) in [6.07, 6.45) is 13.8. The molecule has 1 heterocycles. The quantitative estimate of drug-likeness (QED) is 0.814. The van der Waals surface area contributed by atoms with Crippen LogP contribution in [0.15, 0.2) is 0 Å². The highest BCUT2D eigenvalue weighted by Gasteiger charge is 2.40. The molecule has 3 atom stereocenters. The van der Waals surface area contributed by atoms with Crippen LogP contribution in [0.1, 0.15) is 64.2 Å². The molecule has 0 aromatic heterocycles. The van der Waals surface area contributed by atoms with Gasteiger partial charge in [-0.2, -0.15) is 0 Å². The number of rotatable bonds is 4. The van der Waals surface area contributed by atoms with Crippen LogP contribution in [0.3, 0.4) is 0 Å². The number of ether oxygens (including phenoxy) is 1. The van der Waals surface area contributed by atoms with Gasteiger partial charge in [-0.05, 0) is 63.2 Å². The maximum atomic E-state index is 6.64. The molecule has 2 nitrogen and oxygen atoms in total. The molecule has 0 bridgehead atoms. The number of hydrogen-bond acceptors (Lipinski definition) is 2. The summed E-state index contributed by atoms with van der Waals surface area (Å²) in [5, 5.41) is 0. The van der Waals surface area contributed by atoms with Gasteiger partial charge in [0.05, 0.1) is 6.10 Å². The lowest BCUT2D eigenvalue weighted by molar-refractivity contribution is 0.0877. The van der Waals surface area contributed by atoms with Gasteiger partial charge in [-0.1, -0.05) is 12.8 Å². The zero-order valence-corrected chi connectivity index (χ0v) is 11.0. The first-order valence-electron chi connectivity index (χ1n) is 7.66. The minimum Gasteiger partial charge on any atom is -0.378 e. The second-order valence-electron chi connectivity index (χ2n) is 6.73. The standard InChI is InChI=1S/C15H27NO/c16-15(9-7-14-4-2-10-17-14)8-1-3-13(11-15)12-5-6-12/h12-14H,1-11,16H2. The van der Waals surface area contributed by atoms with Crippen LogP contribution < -0.4 is 5.73 Å². The summed E-state index contributed by atoms with van der Waals surface area (Å²) in [4.78, 5) is 0. The molecule has 98 valence electrons. The first-order chi connectivity index (χ1) is 8.25. The van der Waals surface area contributed by atoms with E-state index >= 15 is 0 Å². The highest BCUT2D eigenvalue weighted by atomic mass is 16.5. The van der Waals surface area contributed by atoms with Crippen molar-refractivity contribution in [3.05, 3.63) is 0 Å². The summed E-state index contributed by atoms with van der Waals surface area (Å²) in [5.41, 5.74) is 6.79. The van der Waals surface area contributed by atoms with Gasteiger partial charge in [0.15, 0.2) is 0 Å². The van der Waals surface area contributed by atoms with Crippen LogP contribution in [-0.4, -0.2) is 18.2 Å². The molecule has 0 amide bonds. The Morgan fingerprint density at radius 1 is 1.06 bits per heavy atom. The molecule has 0 aromatic rings. The Morgan fingerprint density at radius 2 is 1.94 bits per heavy atom. The third-order valence-corrected chi connectivity index (χ3v) is 5.20. The molecule has 2 aliphatic carbocycles. The van der Waals surface area contributed by atoms with Crippen LogP contribution in [0.25, 0.3) is 0 Å². The summed E-state index contributed by atoms with van der Waals surface area (Å²) >= 11 is 0. The third-order valence-electron chi connectivity index (χ3n) is 5.20. The topological polar surface area (TPSA) is 35.2 Å². The molecule has 3 unspecified atom stereocenters. The molecule has 3 rings (SSSR count). The smallest absolute Gasteiger partial charge is 0.0576 e. The number of nitrogens with two attached hydrogens (primary N) is 1. The van der Waals surface area contributed by atoms with Crippen molar-refractivity contribution in [2.75, 3.05) is 6.61 Å². The van der Waals surface area contributed by atoms with Crippen molar-refractivity contribution in [1.82, 2.24) is 0 Å². The number of hydrogen-bond donors (Lipinski definition) is 1. The van der Waals surface area contributed by atoms with Crippen LogP contribution >= 0.6 is 0 Å². The van der Waals surface area contributed by atoms with E-state index in [0.29, 0.717) is 6.10 Å². The van der Waals surface area contributed by atoms with Gasteiger partial charge in [-0.15, -0.1) is 0 Å². The molecular weight excluding hydrogens is 210 g/mol. The van der Waals surface area contributed by atoms with Crippen molar-refractivity contribution in [3.8, 4) is 0 Å². The second-order valence-corrected chi connectivity index (χ2v) is 6.73. The van der Waals surface area contributed by atoms with E-state index in [-0.39, 0.29) is 5.54 Å². The molecule has 1 aliphatic heterocycles. The van der Waals surface area contributed by atoms with E-state index in [1.165, 1.54) is 64.2 Å². The Balaban J connectivity index is 1.48. The Labute approximate surface area is 105 Å². The van der Waals surface area contributed by atoms with Crippen molar-refractivity contribution < 1.29 is 4.74 Å². The fourth-order valence-corrected chi connectivity index (χ4v) is 3.96. The van der Waals surface area contributed by atoms with Gasteiger partial charge in [-0.25, -0.2) is 0 Å². The van der Waals surface area contributed by atoms with Gasteiger partial charge in [0, 0.05) is 12.1 Å². The minimum absolute atomic E-state index is 0.150. The molecule has 0 spiro atoms. The summed E-state index contributed by atoms with van der Waals surface area (Å²) in [5.74, 6) is 2.00. The molecule has 3 aliphatic rings. The van der Waals surface area contributed by atoms with Crippen molar-refractivity contribution in [1.29, 1.82) is 0 Å². The Hall–Kier alpha value is -0.0800. The predicted molar refractivity (Wildman–Crippen MR) is 69.8 cm³/mol. The van der Waals surface area contributed by atoms with Crippen molar-refractivity contribution in [3.63, 3.8) is 0 Å². The lowest BCUT2D eigenvalue weighted by atomic mass is 9.72. The first-order valence-corrected chi connectivity index (χ1v) is 7.66. The van der Waals surface area contributed by atoms with Gasteiger partial charge >= 0.3 is 0 Å². The Bertz CT molecular complexity index is 258. The van der Waals surface area contributed by atoms with E-state index in [0.717, 1.165) is 18.4 Å². The molecule has 0 radical (unpaired) electrons. The van der Waals surface area contributed by atoms with E-state index in [9.17, 15) is 0 Å². The largest absolute Gasteiger partial charge is 0.378 e. The molecule has 2 heteroatoms. The molecular formula is C15H27NO. The van der Waals surface area contributed by atoms with E-state index in [2.05, 4.69) is 0 Å². The maximum absolute atomic E-state index is 6.64. The van der Waals surface area contributed by atoms with E-state index in [1.807, 2.05) is 0 Å². The molecule has 2 saturated carbocycles. The zero-order chi connectivity index (χ0) is 11.7. The lowest BCUT2D eigenvalue weighted by Crippen LogP contribution is -2.45. The summed E-state index contributed by atoms with van der Waals surface area (Å²) in [6, 6.07) is 0. The molecule has 17 heavy (non-hydrogen) atoms. The third kappa shape index (κ3) is 3.03. The SMILES string of the molecule is NC1(CCC2CCCO2)CCCC(C2CC2)C1. The van der Waals surface area contributed by atoms with Gasteiger partial charge in [0.25, 0.3) is 0 Å². The Morgan fingerprint density at radius 3 is 2.65 bits per heavy atom. The average molecular weight is 237 g/mol. The highest BCUT2D eigenvalue weighted by Crippen LogP contribution is 2.47.